The Kier molecular flexibility index (Phi) is 4.38. The van der Waals surface area contributed by atoms with Crippen LogP contribution in [0.5, 0.6) is 0 Å². The number of carbonyl (C=O) groups is 1. The van der Waals surface area contributed by atoms with Gasteiger partial charge in [0.05, 0.1) is 0 Å². The average molecular weight is 355 g/mol. The lowest BCUT2D eigenvalue weighted by Gasteiger charge is -2.11. The monoisotopic (exact) mass is 355 g/mol. The fraction of sp³-hybridized carbons (Fsp3) is 0.0870. The van der Waals surface area contributed by atoms with E-state index in [4.69, 9.17) is 0 Å². The molecule has 0 radical (unpaired) electrons. The largest absolute Gasteiger partial charge is 0.355 e. The maximum Gasteiger partial charge on any atom is 0.323 e. The van der Waals surface area contributed by atoms with Crippen molar-refractivity contribution < 1.29 is 4.79 Å². The van der Waals surface area contributed by atoms with Crippen LogP contribution >= 0.6 is 0 Å². The zero-order valence-corrected chi connectivity index (χ0v) is 15.3. The third kappa shape index (κ3) is 3.70. The lowest BCUT2D eigenvalue weighted by atomic mass is 10.1. The Bertz CT molecular complexity index is 1080. The number of urea groups is 1. The summed E-state index contributed by atoms with van der Waals surface area (Å²) < 4.78 is 0. The van der Waals surface area contributed by atoms with Gasteiger partial charge in [0.1, 0.15) is 0 Å². The number of benzene rings is 3. The summed E-state index contributed by atoms with van der Waals surface area (Å²) in [6, 6.07) is 23.9. The summed E-state index contributed by atoms with van der Waals surface area (Å²) in [4.78, 5) is 15.7. The van der Waals surface area contributed by atoms with Crippen LogP contribution in [0, 0.1) is 13.8 Å². The summed E-state index contributed by atoms with van der Waals surface area (Å²) in [7, 11) is 0. The zero-order valence-electron chi connectivity index (χ0n) is 15.3. The zero-order chi connectivity index (χ0) is 18.8. The second-order valence-corrected chi connectivity index (χ2v) is 6.75. The second kappa shape index (κ2) is 7.00. The number of aromatic nitrogens is 1. The quantitative estimate of drug-likeness (QED) is 0.409. The molecule has 2 amide bonds. The van der Waals surface area contributed by atoms with Gasteiger partial charge in [0.2, 0.25) is 0 Å². The topological polar surface area (TPSA) is 56.9 Å². The summed E-state index contributed by atoms with van der Waals surface area (Å²) in [5.41, 5.74) is 6.96. The van der Waals surface area contributed by atoms with E-state index in [9.17, 15) is 4.79 Å². The van der Waals surface area contributed by atoms with E-state index in [1.54, 1.807) is 0 Å². The normalized spacial score (nSPS) is 10.7. The number of H-pyrrole nitrogens is 1. The first-order chi connectivity index (χ1) is 13.1. The van der Waals surface area contributed by atoms with Gasteiger partial charge in [-0.15, -0.1) is 0 Å². The van der Waals surface area contributed by atoms with Crippen LogP contribution in [-0.2, 0) is 0 Å². The number of aromatic amines is 1. The van der Waals surface area contributed by atoms with Crippen LogP contribution in [-0.4, -0.2) is 11.0 Å². The van der Waals surface area contributed by atoms with E-state index in [0.29, 0.717) is 0 Å². The minimum Gasteiger partial charge on any atom is -0.355 e. The van der Waals surface area contributed by atoms with Gasteiger partial charge in [0.15, 0.2) is 0 Å². The Morgan fingerprint density at radius 1 is 0.852 bits per heavy atom. The maximum absolute atomic E-state index is 12.3. The number of nitrogens with one attached hydrogen (secondary N) is 3. The molecule has 0 saturated carbocycles. The molecule has 134 valence electrons. The standard InChI is InChI=1S/C23H21N3O/c1-15-7-8-16(2)21(13-15)26-23(27)24-19-11-9-17(10-12-19)22-14-18-5-3-4-6-20(18)25-22/h3-14,25H,1-2H3,(H2,24,26,27). The molecule has 0 aliphatic rings. The number of amides is 2. The van der Waals surface area contributed by atoms with Crippen molar-refractivity contribution in [2.75, 3.05) is 10.6 Å². The summed E-state index contributed by atoms with van der Waals surface area (Å²) in [5, 5.41) is 6.97. The molecule has 0 saturated heterocycles. The van der Waals surface area contributed by atoms with Crippen LogP contribution in [0.1, 0.15) is 11.1 Å². The van der Waals surface area contributed by atoms with E-state index in [-0.39, 0.29) is 6.03 Å². The average Bonchev–Trinajstić information content (AvgIpc) is 3.09. The first-order valence-electron chi connectivity index (χ1n) is 8.92. The Hall–Kier alpha value is -3.53. The van der Waals surface area contributed by atoms with Crippen molar-refractivity contribution in [1.29, 1.82) is 0 Å². The number of anilines is 2. The van der Waals surface area contributed by atoms with Crippen molar-refractivity contribution in [2.45, 2.75) is 13.8 Å². The molecule has 1 heterocycles. The molecule has 0 aliphatic carbocycles. The highest BCUT2D eigenvalue weighted by Crippen LogP contribution is 2.25. The Morgan fingerprint density at radius 3 is 2.41 bits per heavy atom. The van der Waals surface area contributed by atoms with E-state index in [1.165, 1.54) is 5.39 Å². The van der Waals surface area contributed by atoms with Crippen molar-refractivity contribution in [2.24, 2.45) is 0 Å². The fourth-order valence-electron chi connectivity index (χ4n) is 3.12. The number of aryl methyl sites for hydroxylation is 2. The third-order valence-electron chi connectivity index (χ3n) is 4.63. The molecule has 4 heteroatoms. The number of fused-ring (bicyclic) bond motifs is 1. The molecule has 4 rings (SSSR count). The van der Waals surface area contributed by atoms with Gasteiger partial charge in [-0.3, -0.25) is 0 Å². The fourth-order valence-corrected chi connectivity index (χ4v) is 3.12. The molecule has 0 bridgehead atoms. The highest BCUT2D eigenvalue weighted by molar-refractivity contribution is 6.00. The highest BCUT2D eigenvalue weighted by Gasteiger charge is 2.07. The van der Waals surface area contributed by atoms with E-state index >= 15 is 0 Å². The Balaban J connectivity index is 1.47. The lowest BCUT2D eigenvalue weighted by Crippen LogP contribution is -2.20. The third-order valence-corrected chi connectivity index (χ3v) is 4.63. The van der Waals surface area contributed by atoms with Gasteiger partial charge in [-0.25, -0.2) is 4.79 Å². The van der Waals surface area contributed by atoms with Crippen LogP contribution in [0.3, 0.4) is 0 Å². The predicted octanol–water partition coefficient (Wildman–Crippen LogP) is 6.10. The van der Waals surface area contributed by atoms with Gasteiger partial charge in [0, 0.05) is 28.0 Å². The first-order valence-corrected chi connectivity index (χ1v) is 8.92. The lowest BCUT2D eigenvalue weighted by molar-refractivity contribution is 0.262. The molecule has 27 heavy (non-hydrogen) atoms. The molecule has 4 aromatic rings. The van der Waals surface area contributed by atoms with Crippen molar-refractivity contribution in [3.8, 4) is 11.3 Å². The summed E-state index contributed by atoms with van der Waals surface area (Å²) in [5.74, 6) is 0. The number of hydrogen-bond acceptors (Lipinski definition) is 1. The van der Waals surface area contributed by atoms with Crippen molar-refractivity contribution in [3.63, 3.8) is 0 Å². The highest BCUT2D eigenvalue weighted by atomic mass is 16.2. The van der Waals surface area contributed by atoms with Crippen molar-refractivity contribution in [1.82, 2.24) is 4.98 Å². The molecule has 0 spiro atoms. The van der Waals surface area contributed by atoms with E-state index in [2.05, 4.69) is 33.8 Å². The first kappa shape index (κ1) is 16.9. The molecule has 0 unspecified atom stereocenters. The van der Waals surface area contributed by atoms with E-state index < -0.39 is 0 Å². The van der Waals surface area contributed by atoms with E-state index in [1.807, 2.05) is 68.4 Å². The molecule has 3 N–H and O–H groups in total. The molecular formula is C23H21N3O. The molecular weight excluding hydrogens is 334 g/mol. The van der Waals surface area contributed by atoms with Gasteiger partial charge in [-0.1, -0.05) is 42.5 Å². The SMILES string of the molecule is Cc1ccc(C)c(NC(=O)Nc2ccc(-c3cc4ccccc4[nH]3)cc2)c1. The number of para-hydroxylation sites is 1. The van der Waals surface area contributed by atoms with Gasteiger partial charge >= 0.3 is 6.03 Å². The number of hydrogen-bond donors (Lipinski definition) is 3. The van der Waals surface area contributed by atoms with Crippen LogP contribution in [0.4, 0.5) is 16.2 Å². The predicted molar refractivity (Wildman–Crippen MR) is 112 cm³/mol. The molecule has 0 fully saturated rings. The minimum atomic E-state index is -0.248. The minimum absolute atomic E-state index is 0.248. The van der Waals surface area contributed by atoms with E-state index in [0.717, 1.165) is 39.3 Å². The molecule has 0 atom stereocenters. The van der Waals surface area contributed by atoms with Crippen LogP contribution in [0.25, 0.3) is 22.2 Å². The molecule has 3 aromatic carbocycles. The molecule has 0 aliphatic heterocycles. The summed E-state index contributed by atoms with van der Waals surface area (Å²) >= 11 is 0. The van der Waals surface area contributed by atoms with Crippen LogP contribution < -0.4 is 10.6 Å². The van der Waals surface area contributed by atoms with Crippen LogP contribution in [0.15, 0.2) is 72.8 Å². The van der Waals surface area contributed by atoms with Gasteiger partial charge < -0.3 is 15.6 Å². The summed E-state index contributed by atoms with van der Waals surface area (Å²) in [6.07, 6.45) is 0. The smallest absolute Gasteiger partial charge is 0.323 e. The van der Waals surface area contributed by atoms with Crippen molar-refractivity contribution in [3.05, 3.63) is 83.9 Å². The van der Waals surface area contributed by atoms with Gasteiger partial charge in [-0.2, -0.15) is 0 Å². The Labute approximate surface area is 158 Å². The Morgan fingerprint density at radius 2 is 1.63 bits per heavy atom. The van der Waals surface area contributed by atoms with Crippen molar-refractivity contribution >= 4 is 28.3 Å². The summed E-state index contributed by atoms with van der Waals surface area (Å²) in [6.45, 7) is 3.98. The number of rotatable bonds is 3. The van der Waals surface area contributed by atoms with Crippen LogP contribution in [0.2, 0.25) is 0 Å². The van der Waals surface area contributed by atoms with Gasteiger partial charge in [-0.05, 0) is 60.9 Å². The molecule has 1 aromatic heterocycles. The maximum atomic E-state index is 12.3. The van der Waals surface area contributed by atoms with Gasteiger partial charge in [0.25, 0.3) is 0 Å². The second-order valence-electron chi connectivity index (χ2n) is 6.75. The molecule has 4 nitrogen and oxygen atoms in total. The number of carbonyl (C=O) groups excluding carboxylic acids is 1.